The predicted molar refractivity (Wildman–Crippen MR) is 71.6 cm³/mol. The summed E-state index contributed by atoms with van der Waals surface area (Å²) < 4.78 is 15.3. The van der Waals surface area contributed by atoms with E-state index in [0.717, 1.165) is 5.56 Å². The molecule has 0 atom stereocenters. The number of hydrogen-bond acceptors (Lipinski definition) is 4. The molecule has 102 valence electrons. The number of benzene rings is 1. The number of ether oxygens (including phenoxy) is 3. The number of methoxy groups -OCH3 is 2. The molecule has 0 bridgehead atoms. The Hall–Kier alpha value is -1.55. The van der Waals surface area contributed by atoms with Crippen LogP contribution in [0.1, 0.15) is 36.7 Å². The normalized spacial score (nSPS) is 9.22. The van der Waals surface area contributed by atoms with E-state index in [0.29, 0.717) is 17.1 Å². The quantitative estimate of drug-likeness (QED) is 0.598. The molecule has 0 aliphatic carbocycles. The molecule has 0 saturated carbocycles. The maximum absolute atomic E-state index is 11.4. The Labute approximate surface area is 109 Å². The van der Waals surface area contributed by atoms with E-state index in [1.54, 1.807) is 19.2 Å². The highest BCUT2D eigenvalue weighted by Gasteiger charge is 2.12. The number of carbonyl (C=O) groups excluding carboxylic acids is 1. The molecule has 18 heavy (non-hydrogen) atoms. The second kappa shape index (κ2) is 8.53. The van der Waals surface area contributed by atoms with Gasteiger partial charge in [-0.25, -0.2) is 0 Å². The summed E-state index contributed by atoms with van der Waals surface area (Å²) in [4.78, 5) is 11.4. The van der Waals surface area contributed by atoms with Crippen LogP contribution in [0.3, 0.4) is 0 Å². The van der Waals surface area contributed by atoms with Crippen molar-refractivity contribution in [2.75, 3.05) is 21.0 Å². The predicted octanol–water partition coefficient (Wildman–Crippen LogP) is 3.22. The van der Waals surface area contributed by atoms with Gasteiger partial charge in [-0.05, 0) is 31.5 Å². The van der Waals surface area contributed by atoms with E-state index >= 15 is 0 Å². The van der Waals surface area contributed by atoms with Crippen LogP contribution in [0.25, 0.3) is 0 Å². The molecule has 1 aromatic carbocycles. The van der Waals surface area contributed by atoms with E-state index < -0.39 is 0 Å². The van der Waals surface area contributed by atoms with E-state index in [9.17, 15) is 4.79 Å². The summed E-state index contributed by atoms with van der Waals surface area (Å²) in [6.07, 6.45) is 0. The number of carbonyl (C=O) groups is 1. The summed E-state index contributed by atoms with van der Waals surface area (Å²) in [6, 6.07) is 3.46. The van der Waals surface area contributed by atoms with Gasteiger partial charge in [-0.1, -0.05) is 13.8 Å². The van der Waals surface area contributed by atoms with Gasteiger partial charge in [-0.2, -0.15) is 0 Å². The molecule has 0 radical (unpaired) electrons. The van der Waals surface area contributed by atoms with Crippen LogP contribution in [-0.4, -0.2) is 26.8 Å². The summed E-state index contributed by atoms with van der Waals surface area (Å²) >= 11 is 0. The number of rotatable bonds is 5. The van der Waals surface area contributed by atoms with Crippen molar-refractivity contribution in [1.29, 1.82) is 0 Å². The van der Waals surface area contributed by atoms with Gasteiger partial charge >= 0.3 is 0 Å². The Morgan fingerprint density at radius 3 is 2.22 bits per heavy atom. The van der Waals surface area contributed by atoms with Crippen molar-refractivity contribution in [3.05, 3.63) is 23.3 Å². The minimum atomic E-state index is -0.0654. The molecule has 0 fully saturated rings. The highest BCUT2D eigenvalue weighted by atomic mass is 16.7. The Kier molecular flexibility index (Phi) is 7.79. The number of Topliss-reactive ketones (excluding diaryl/α,β-unsaturated/α-hetero) is 1. The molecular weight excluding hydrogens is 232 g/mol. The molecule has 4 heteroatoms. The molecule has 0 N–H and O–H groups in total. The van der Waals surface area contributed by atoms with Crippen molar-refractivity contribution in [1.82, 2.24) is 0 Å². The van der Waals surface area contributed by atoms with Crippen molar-refractivity contribution in [3.8, 4) is 11.5 Å². The van der Waals surface area contributed by atoms with E-state index in [-0.39, 0.29) is 12.6 Å². The first kappa shape index (κ1) is 16.4. The minimum absolute atomic E-state index is 0.0654. The van der Waals surface area contributed by atoms with Gasteiger partial charge in [0.2, 0.25) is 0 Å². The Balaban J connectivity index is 0.00000137. The summed E-state index contributed by atoms with van der Waals surface area (Å²) in [6.45, 7) is 7.50. The standard InChI is InChI=1S/C12H16O4.C2H6/c1-8-5-12(16-7-14-3)10(9(2)13)6-11(8)15-4;1-2/h5-6H,7H2,1-4H3;1-2H3. The van der Waals surface area contributed by atoms with E-state index in [2.05, 4.69) is 0 Å². The molecule has 0 amide bonds. The third kappa shape index (κ3) is 4.37. The average Bonchev–Trinajstić information content (AvgIpc) is 2.38. The van der Waals surface area contributed by atoms with Crippen molar-refractivity contribution in [2.45, 2.75) is 27.7 Å². The molecule has 1 aromatic rings. The molecule has 0 aliphatic rings. The lowest BCUT2D eigenvalue weighted by molar-refractivity contribution is 0.0502. The fourth-order valence-corrected chi connectivity index (χ4v) is 1.40. The van der Waals surface area contributed by atoms with Gasteiger partial charge in [-0.3, -0.25) is 4.79 Å². The Morgan fingerprint density at radius 2 is 1.78 bits per heavy atom. The van der Waals surface area contributed by atoms with Gasteiger partial charge in [0.15, 0.2) is 12.6 Å². The SMILES string of the molecule is CC.COCOc1cc(C)c(OC)cc1C(C)=O. The van der Waals surface area contributed by atoms with E-state index in [4.69, 9.17) is 14.2 Å². The van der Waals surface area contributed by atoms with Crippen LogP contribution in [0.15, 0.2) is 12.1 Å². The van der Waals surface area contributed by atoms with Crippen molar-refractivity contribution >= 4 is 5.78 Å². The third-order valence-electron chi connectivity index (χ3n) is 2.21. The lowest BCUT2D eigenvalue weighted by atomic mass is 10.1. The summed E-state index contributed by atoms with van der Waals surface area (Å²) in [7, 11) is 3.10. The first-order valence-corrected chi connectivity index (χ1v) is 5.91. The number of ketones is 1. The molecule has 0 aliphatic heterocycles. The number of aryl methyl sites for hydroxylation is 1. The minimum Gasteiger partial charge on any atom is -0.496 e. The van der Waals surface area contributed by atoms with Gasteiger partial charge in [0.05, 0.1) is 12.7 Å². The van der Waals surface area contributed by atoms with Gasteiger partial charge in [0.25, 0.3) is 0 Å². The monoisotopic (exact) mass is 254 g/mol. The van der Waals surface area contributed by atoms with Crippen molar-refractivity contribution in [2.24, 2.45) is 0 Å². The van der Waals surface area contributed by atoms with Crippen molar-refractivity contribution < 1.29 is 19.0 Å². The molecule has 0 unspecified atom stereocenters. The summed E-state index contributed by atoms with van der Waals surface area (Å²) in [5.74, 6) is 1.13. The second-order valence-electron chi connectivity index (χ2n) is 3.43. The topological polar surface area (TPSA) is 44.8 Å². The van der Waals surface area contributed by atoms with Crippen LogP contribution in [-0.2, 0) is 4.74 Å². The van der Waals surface area contributed by atoms with Crippen LogP contribution < -0.4 is 9.47 Å². The smallest absolute Gasteiger partial charge is 0.188 e. The second-order valence-corrected chi connectivity index (χ2v) is 3.43. The summed E-state index contributed by atoms with van der Waals surface area (Å²) in [5, 5.41) is 0. The highest BCUT2D eigenvalue weighted by Crippen LogP contribution is 2.28. The lowest BCUT2D eigenvalue weighted by Crippen LogP contribution is -2.05. The van der Waals surface area contributed by atoms with Gasteiger partial charge in [0, 0.05) is 7.11 Å². The molecule has 0 spiro atoms. The third-order valence-corrected chi connectivity index (χ3v) is 2.21. The lowest BCUT2D eigenvalue weighted by Gasteiger charge is -2.12. The molecule has 0 aromatic heterocycles. The first-order chi connectivity index (χ1) is 8.60. The fraction of sp³-hybridized carbons (Fsp3) is 0.500. The molecule has 0 saturated heterocycles. The van der Waals surface area contributed by atoms with Gasteiger partial charge in [-0.15, -0.1) is 0 Å². The molecule has 4 nitrogen and oxygen atoms in total. The zero-order valence-corrected chi connectivity index (χ0v) is 12.0. The van der Waals surface area contributed by atoms with Crippen LogP contribution in [0.2, 0.25) is 0 Å². The molecular formula is C14H22O4. The zero-order chi connectivity index (χ0) is 14.1. The van der Waals surface area contributed by atoms with Gasteiger partial charge < -0.3 is 14.2 Å². The fourth-order valence-electron chi connectivity index (χ4n) is 1.40. The Bertz CT molecular complexity index is 386. The van der Waals surface area contributed by atoms with Crippen LogP contribution in [0.5, 0.6) is 11.5 Å². The zero-order valence-electron chi connectivity index (χ0n) is 12.0. The van der Waals surface area contributed by atoms with Gasteiger partial charge in [0.1, 0.15) is 11.5 Å². The maximum atomic E-state index is 11.4. The largest absolute Gasteiger partial charge is 0.496 e. The van der Waals surface area contributed by atoms with Crippen LogP contribution in [0.4, 0.5) is 0 Å². The highest BCUT2D eigenvalue weighted by molar-refractivity contribution is 5.97. The van der Waals surface area contributed by atoms with Crippen LogP contribution in [0, 0.1) is 6.92 Å². The van der Waals surface area contributed by atoms with Crippen molar-refractivity contribution in [3.63, 3.8) is 0 Å². The van der Waals surface area contributed by atoms with Crippen LogP contribution >= 0.6 is 0 Å². The maximum Gasteiger partial charge on any atom is 0.188 e. The van der Waals surface area contributed by atoms with E-state index in [1.165, 1.54) is 14.0 Å². The molecule has 0 heterocycles. The average molecular weight is 254 g/mol. The van der Waals surface area contributed by atoms with E-state index in [1.807, 2.05) is 20.8 Å². The number of hydrogen-bond donors (Lipinski definition) is 0. The Morgan fingerprint density at radius 1 is 1.17 bits per heavy atom. The summed E-state index contributed by atoms with van der Waals surface area (Å²) in [5.41, 5.74) is 1.41. The molecule has 1 rings (SSSR count). The first-order valence-electron chi connectivity index (χ1n) is 5.91.